The zero-order chi connectivity index (χ0) is 23.9. The molecular weight excluding hydrogens is 428 g/mol. The van der Waals surface area contributed by atoms with Crippen LogP contribution in [0.4, 0.5) is 5.95 Å². The van der Waals surface area contributed by atoms with Crippen molar-refractivity contribution in [2.45, 2.75) is 32.6 Å². The van der Waals surface area contributed by atoms with E-state index in [1.165, 1.54) is 0 Å². The molecule has 0 saturated heterocycles. The Morgan fingerprint density at radius 2 is 1.79 bits per heavy atom. The Labute approximate surface area is 200 Å². The van der Waals surface area contributed by atoms with Crippen molar-refractivity contribution in [3.63, 3.8) is 0 Å². The lowest BCUT2D eigenvalue weighted by Gasteiger charge is -2.24. The van der Waals surface area contributed by atoms with Gasteiger partial charge in [-0.3, -0.25) is 19.5 Å². The van der Waals surface area contributed by atoms with Crippen LogP contribution in [0.25, 0.3) is 16.9 Å². The van der Waals surface area contributed by atoms with Gasteiger partial charge < -0.3 is 9.64 Å². The zero-order valence-electron chi connectivity index (χ0n) is 19.9. The molecule has 0 bridgehead atoms. The van der Waals surface area contributed by atoms with Gasteiger partial charge in [-0.2, -0.15) is 0 Å². The topological polar surface area (TPSA) is 76.5 Å². The summed E-state index contributed by atoms with van der Waals surface area (Å²) in [5.41, 5.74) is 3.77. The lowest BCUT2D eigenvalue weighted by atomic mass is 10.1. The van der Waals surface area contributed by atoms with E-state index in [2.05, 4.69) is 5.32 Å². The molecule has 178 valence electrons. The van der Waals surface area contributed by atoms with Gasteiger partial charge in [-0.15, -0.1) is 0 Å². The molecule has 7 heteroatoms. The van der Waals surface area contributed by atoms with E-state index in [1.54, 1.807) is 12.0 Å². The number of carbonyl (C=O) groups excluding carboxylic acids is 2. The molecule has 0 aliphatic heterocycles. The summed E-state index contributed by atoms with van der Waals surface area (Å²) < 4.78 is 7.05. The van der Waals surface area contributed by atoms with Crippen LogP contribution in [0.15, 0.2) is 60.8 Å². The smallest absolute Gasteiger partial charge is 0.246 e. The lowest BCUT2D eigenvalue weighted by Crippen LogP contribution is -2.42. The van der Waals surface area contributed by atoms with Crippen molar-refractivity contribution in [2.24, 2.45) is 5.92 Å². The van der Waals surface area contributed by atoms with Crippen molar-refractivity contribution in [3.8, 4) is 16.9 Å². The molecule has 1 fully saturated rings. The molecule has 1 saturated carbocycles. The van der Waals surface area contributed by atoms with Gasteiger partial charge in [-0.1, -0.05) is 60.9 Å². The highest BCUT2D eigenvalue weighted by molar-refractivity contribution is 5.94. The molecule has 1 aliphatic carbocycles. The third-order valence-electron chi connectivity index (χ3n) is 6.25. The van der Waals surface area contributed by atoms with Crippen LogP contribution in [0, 0.1) is 12.8 Å². The summed E-state index contributed by atoms with van der Waals surface area (Å²) in [7, 11) is 1.60. The number of methoxy groups -OCH3 is 1. The van der Waals surface area contributed by atoms with E-state index >= 15 is 0 Å². The summed E-state index contributed by atoms with van der Waals surface area (Å²) in [4.78, 5) is 32.4. The maximum absolute atomic E-state index is 13.1. The fourth-order valence-electron chi connectivity index (χ4n) is 4.36. The minimum atomic E-state index is -0.277. The summed E-state index contributed by atoms with van der Waals surface area (Å²) in [6.07, 6.45) is 5.83. The second kappa shape index (κ2) is 11.1. The SMILES string of the molecule is COCCN(CC(=O)Nc1nc(-c2ccccc2)cn1-c1ccc(C)cc1)C(=O)C1CCCC1. The first-order valence-electron chi connectivity index (χ1n) is 11.8. The van der Waals surface area contributed by atoms with Crippen molar-refractivity contribution in [3.05, 3.63) is 66.4 Å². The highest BCUT2D eigenvalue weighted by Crippen LogP contribution is 2.27. The number of imidazole rings is 1. The molecule has 7 nitrogen and oxygen atoms in total. The minimum Gasteiger partial charge on any atom is -0.383 e. The number of nitrogens with one attached hydrogen (secondary N) is 1. The second-order valence-corrected chi connectivity index (χ2v) is 8.80. The Morgan fingerprint density at radius 1 is 1.09 bits per heavy atom. The molecule has 1 aliphatic rings. The van der Waals surface area contributed by atoms with Crippen LogP contribution in [0.1, 0.15) is 31.2 Å². The first-order valence-corrected chi connectivity index (χ1v) is 11.8. The number of hydrogen-bond acceptors (Lipinski definition) is 4. The number of anilines is 1. The number of benzene rings is 2. The Bertz CT molecular complexity index is 1100. The summed E-state index contributed by atoms with van der Waals surface area (Å²) >= 11 is 0. The predicted molar refractivity (Wildman–Crippen MR) is 133 cm³/mol. The van der Waals surface area contributed by atoms with Gasteiger partial charge in [-0.05, 0) is 31.9 Å². The molecule has 1 N–H and O–H groups in total. The Kier molecular flexibility index (Phi) is 7.75. The standard InChI is InChI=1S/C27H32N4O3/c1-20-12-14-23(15-13-20)31-18-24(21-8-4-3-5-9-21)28-27(31)29-25(32)19-30(16-17-34-2)26(33)22-10-6-7-11-22/h3-5,8-9,12-15,18,22H,6-7,10-11,16-17,19H2,1-2H3,(H,28,29,32). The number of ether oxygens (including phenoxy) is 1. The lowest BCUT2D eigenvalue weighted by molar-refractivity contribution is -0.138. The average molecular weight is 461 g/mol. The first-order chi connectivity index (χ1) is 16.5. The number of rotatable bonds is 9. The molecular formula is C27H32N4O3. The summed E-state index contributed by atoms with van der Waals surface area (Å²) in [6, 6.07) is 17.9. The van der Waals surface area contributed by atoms with Crippen LogP contribution in [-0.2, 0) is 14.3 Å². The van der Waals surface area contributed by atoms with Crippen LogP contribution < -0.4 is 5.32 Å². The van der Waals surface area contributed by atoms with Crippen molar-refractivity contribution >= 4 is 17.8 Å². The number of aromatic nitrogens is 2. The molecule has 2 aromatic carbocycles. The predicted octanol–water partition coefficient (Wildman–Crippen LogP) is 4.45. The molecule has 0 spiro atoms. The second-order valence-electron chi connectivity index (χ2n) is 8.80. The van der Waals surface area contributed by atoms with Gasteiger partial charge in [0.05, 0.1) is 12.3 Å². The molecule has 0 unspecified atom stereocenters. The quantitative estimate of drug-likeness (QED) is 0.512. The zero-order valence-corrected chi connectivity index (χ0v) is 19.9. The van der Waals surface area contributed by atoms with Gasteiger partial charge >= 0.3 is 0 Å². The molecule has 34 heavy (non-hydrogen) atoms. The van der Waals surface area contributed by atoms with Gasteiger partial charge in [0.25, 0.3) is 0 Å². The largest absolute Gasteiger partial charge is 0.383 e. The van der Waals surface area contributed by atoms with Gasteiger partial charge in [0.2, 0.25) is 17.8 Å². The Hall–Kier alpha value is -3.45. The molecule has 0 atom stereocenters. The van der Waals surface area contributed by atoms with Crippen LogP contribution in [-0.4, -0.2) is 53.1 Å². The van der Waals surface area contributed by atoms with Crippen molar-refractivity contribution in [1.82, 2.24) is 14.5 Å². The van der Waals surface area contributed by atoms with Crippen LogP contribution in [0.3, 0.4) is 0 Å². The van der Waals surface area contributed by atoms with Gasteiger partial charge in [0.1, 0.15) is 6.54 Å². The maximum atomic E-state index is 13.1. The van der Waals surface area contributed by atoms with E-state index in [0.717, 1.165) is 48.2 Å². The highest BCUT2D eigenvalue weighted by Gasteiger charge is 2.28. The van der Waals surface area contributed by atoms with Crippen molar-refractivity contribution in [2.75, 3.05) is 32.1 Å². The number of aryl methyl sites for hydroxylation is 1. The first kappa shape index (κ1) is 23.7. The number of amides is 2. The number of nitrogens with zero attached hydrogens (tertiary/aromatic N) is 3. The van der Waals surface area contributed by atoms with E-state index < -0.39 is 0 Å². The fourth-order valence-corrected chi connectivity index (χ4v) is 4.36. The summed E-state index contributed by atoms with van der Waals surface area (Å²) in [6.45, 7) is 2.79. The highest BCUT2D eigenvalue weighted by atomic mass is 16.5. The van der Waals surface area contributed by atoms with Crippen molar-refractivity contribution in [1.29, 1.82) is 0 Å². The average Bonchev–Trinajstić information content (AvgIpc) is 3.53. The maximum Gasteiger partial charge on any atom is 0.246 e. The monoisotopic (exact) mass is 460 g/mol. The number of carbonyl (C=O) groups is 2. The minimum absolute atomic E-state index is 0.00360. The van der Waals surface area contributed by atoms with Crippen LogP contribution in [0.2, 0.25) is 0 Å². The summed E-state index contributed by atoms with van der Waals surface area (Å²) in [5.74, 6) is 0.189. The summed E-state index contributed by atoms with van der Waals surface area (Å²) in [5, 5.41) is 2.94. The molecule has 4 rings (SSSR count). The van der Waals surface area contributed by atoms with E-state index in [1.807, 2.05) is 72.3 Å². The molecule has 1 aromatic heterocycles. The van der Waals surface area contributed by atoms with E-state index in [0.29, 0.717) is 19.1 Å². The normalized spacial score (nSPS) is 13.7. The van der Waals surface area contributed by atoms with E-state index in [4.69, 9.17) is 9.72 Å². The Balaban J connectivity index is 1.57. The molecule has 1 heterocycles. The van der Waals surface area contributed by atoms with E-state index in [-0.39, 0.29) is 24.3 Å². The third kappa shape index (κ3) is 5.72. The molecule has 2 amide bonds. The molecule has 0 radical (unpaired) electrons. The van der Waals surface area contributed by atoms with Gasteiger partial charge in [0.15, 0.2) is 0 Å². The van der Waals surface area contributed by atoms with E-state index in [9.17, 15) is 9.59 Å². The van der Waals surface area contributed by atoms with Crippen LogP contribution in [0.5, 0.6) is 0 Å². The Morgan fingerprint density at radius 3 is 2.47 bits per heavy atom. The van der Waals surface area contributed by atoms with Crippen molar-refractivity contribution < 1.29 is 14.3 Å². The fraction of sp³-hybridized carbons (Fsp3) is 0.370. The van der Waals surface area contributed by atoms with Gasteiger partial charge in [0, 0.05) is 37.0 Å². The van der Waals surface area contributed by atoms with Crippen LogP contribution >= 0.6 is 0 Å². The third-order valence-corrected chi connectivity index (χ3v) is 6.25. The molecule has 3 aromatic rings. The van der Waals surface area contributed by atoms with Gasteiger partial charge in [-0.25, -0.2) is 4.98 Å². The number of hydrogen-bond donors (Lipinski definition) is 1.